The van der Waals surface area contributed by atoms with Gasteiger partial charge >= 0.3 is 5.97 Å². The second kappa shape index (κ2) is 5.88. The van der Waals surface area contributed by atoms with E-state index in [1.807, 2.05) is 54.8 Å². The molecule has 0 spiro atoms. The van der Waals surface area contributed by atoms with Crippen molar-refractivity contribution >= 4 is 39.0 Å². The van der Waals surface area contributed by atoms with E-state index in [1.165, 1.54) is 0 Å². The Kier molecular flexibility index (Phi) is 3.95. The molecule has 1 heterocycles. The van der Waals surface area contributed by atoms with Crippen LogP contribution in [-0.2, 0) is 4.74 Å². The zero-order valence-electron chi connectivity index (χ0n) is 11.4. The third-order valence-corrected chi connectivity index (χ3v) is 4.47. The van der Waals surface area contributed by atoms with Gasteiger partial charge in [0.1, 0.15) is 0 Å². The second-order valence-electron chi connectivity index (χ2n) is 4.55. The Bertz CT molecular complexity index is 790. The Balaban J connectivity index is 2.14. The summed E-state index contributed by atoms with van der Waals surface area (Å²) in [5, 5.41) is 3.77. The van der Waals surface area contributed by atoms with E-state index in [0.717, 1.165) is 21.2 Å². The van der Waals surface area contributed by atoms with Crippen LogP contribution in [0, 0.1) is 0 Å². The molecule has 3 aromatic rings. The maximum absolute atomic E-state index is 12.0. The molecular formula is C17H13ClO2S. The maximum atomic E-state index is 12.0. The molecule has 0 saturated heterocycles. The van der Waals surface area contributed by atoms with Crippen LogP contribution in [0.3, 0.4) is 0 Å². The predicted octanol–water partition coefficient (Wildman–Crippen LogP) is 5.40. The molecule has 2 nitrogen and oxygen atoms in total. The second-order valence-corrected chi connectivity index (χ2v) is 5.90. The minimum absolute atomic E-state index is 0.271. The van der Waals surface area contributed by atoms with Gasteiger partial charge in [-0.3, -0.25) is 0 Å². The molecule has 0 aliphatic carbocycles. The average molecular weight is 317 g/mol. The lowest BCUT2D eigenvalue weighted by molar-refractivity contribution is 0.0529. The number of fused-ring (bicyclic) bond motifs is 1. The van der Waals surface area contributed by atoms with Crippen molar-refractivity contribution < 1.29 is 9.53 Å². The fourth-order valence-corrected chi connectivity index (χ4v) is 3.36. The van der Waals surface area contributed by atoms with Crippen LogP contribution in [0.25, 0.3) is 21.2 Å². The summed E-state index contributed by atoms with van der Waals surface area (Å²) in [6, 6.07) is 13.5. The first kappa shape index (κ1) is 14.1. The first-order chi connectivity index (χ1) is 10.2. The van der Waals surface area contributed by atoms with Crippen LogP contribution >= 0.6 is 22.9 Å². The van der Waals surface area contributed by atoms with Crippen LogP contribution in [-0.4, -0.2) is 12.6 Å². The molecule has 2 aromatic carbocycles. The molecule has 0 unspecified atom stereocenters. The van der Waals surface area contributed by atoms with Gasteiger partial charge in [-0.25, -0.2) is 4.79 Å². The molecule has 0 atom stereocenters. The molecule has 0 radical (unpaired) electrons. The van der Waals surface area contributed by atoms with E-state index in [4.69, 9.17) is 16.3 Å². The van der Waals surface area contributed by atoms with E-state index in [-0.39, 0.29) is 5.97 Å². The Morgan fingerprint density at radius 1 is 1.14 bits per heavy atom. The number of halogens is 1. The zero-order chi connectivity index (χ0) is 14.8. The van der Waals surface area contributed by atoms with E-state index in [9.17, 15) is 4.79 Å². The van der Waals surface area contributed by atoms with Crippen molar-refractivity contribution in [3.05, 3.63) is 58.4 Å². The average Bonchev–Trinajstić information content (AvgIpc) is 2.97. The molecule has 0 aliphatic heterocycles. The van der Waals surface area contributed by atoms with Crippen molar-refractivity contribution in [3.8, 4) is 11.1 Å². The number of hydrogen-bond acceptors (Lipinski definition) is 3. The van der Waals surface area contributed by atoms with Crippen molar-refractivity contribution in [1.82, 2.24) is 0 Å². The molecule has 0 aliphatic rings. The Hall–Kier alpha value is -1.84. The minimum atomic E-state index is -0.271. The highest BCUT2D eigenvalue weighted by atomic mass is 35.5. The summed E-state index contributed by atoms with van der Waals surface area (Å²) in [6.07, 6.45) is 0. The molecule has 4 heteroatoms. The standard InChI is InChI=1S/C17H13ClO2S/c1-2-20-17(19)15-8-7-13(14-9-10-21-16(14)15)11-3-5-12(18)6-4-11/h3-10H,2H2,1H3. The molecule has 3 rings (SSSR count). The monoisotopic (exact) mass is 316 g/mol. The van der Waals surface area contributed by atoms with Crippen LogP contribution in [0.2, 0.25) is 5.02 Å². The van der Waals surface area contributed by atoms with Gasteiger partial charge in [-0.1, -0.05) is 29.8 Å². The third kappa shape index (κ3) is 2.67. The number of carbonyl (C=O) groups is 1. The first-order valence-electron chi connectivity index (χ1n) is 6.64. The van der Waals surface area contributed by atoms with E-state index in [1.54, 1.807) is 11.3 Å². The SMILES string of the molecule is CCOC(=O)c1ccc(-c2ccc(Cl)cc2)c2ccsc12. The zero-order valence-corrected chi connectivity index (χ0v) is 13.0. The van der Waals surface area contributed by atoms with Gasteiger partial charge in [0.15, 0.2) is 0 Å². The number of rotatable bonds is 3. The smallest absolute Gasteiger partial charge is 0.339 e. The molecule has 0 fully saturated rings. The number of thiophene rings is 1. The normalized spacial score (nSPS) is 10.8. The molecule has 0 N–H and O–H groups in total. The summed E-state index contributed by atoms with van der Waals surface area (Å²) >= 11 is 7.49. The molecule has 1 aromatic heterocycles. The minimum Gasteiger partial charge on any atom is -0.462 e. The summed E-state index contributed by atoms with van der Waals surface area (Å²) < 4.78 is 6.08. The lowest BCUT2D eigenvalue weighted by Crippen LogP contribution is -2.04. The lowest BCUT2D eigenvalue weighted by atomic mass is 10.00. The molecule has 0 bridgehead atoms. The van der Waals surface area contributed by atoms with Gasteiger partial charge in [-0.15, -0.1) is 11.3 Å². The van der Waals surface area contributed by atoms with E-state index < -0.39 is 0 Å². The van der Waals surface area contributed by atoms with Crippen LogP contribution in [0.5, 0.6) is 0 Å². The van der Waals surface area contributed by atoms with Gasteiger partial charge in [0.25, 0.3) is 0 Å². The van der Waals surface area contributed by atoms with Crippen LogP contribution in [0.15, 0.2) is 47.8 Å². The topological polar surface area (TPSA) is 26.3 Å². The van der Waals surface area contributed by atoms with E-state index in [2.05, 4.69) is 0 Å². The van der Waals surface area contributed by atoms with Crippen molar-refractivity contribution in [2.45, 2.75) is 6.92 Å². The maximum Gasteiger partial charge on any atom is 0.339 e. The summed E-state index contributed by atoms with van der Waals surface area (Å²) in [7, 11) is 0. The van der Waals surface area contributed by atoms with Crippen molar-refractivity contribution in [3.63, 3.8) is 0 Å². The highest BCUT2D eigenvalue weighted by Gasteiger charge is 2.15. The number of benzene rings is 2. The van der Waals surface area contributed by atoms with Crippen LogP contribution in [0.1, 0.15) is 17.3 Å². The van der Waals surface area contributed by atoms with Gasteiger partial charge in [0.2, 0.25) is 0 Å². The van der Waals surface area contributed by atoms with Gasteiger partial charge < -0.3 is 4.74 Å². The summed E-state index contributed by atoms with van der Waals surface area (Å²) in [6.45, 7) is 2.19. The van der Waals surface area contributed by atoms with Gasteiger partial charge in [0, 0.05) is 15.1 Å². The quantitative estimate of drug-likeness (QED) is 0.605. The number of ether oxygens (including phenoxy) is 1. The van der Waals surface area contributed by atoms with Gasteiger partial charge in [-0.05, 0) is 47.7 Å². The largest absolute Gasteiger partial charge is 0.462 e. The van der Waals surface area contributed by atoms with Gasteiger partial charge in [0.05, 0.1) is 12.2 Å². The first-order valence-corrected chi connectivity index (χ1v) is 7.89. The lowest BCUT2D eigenvalue weighted by Gasteiger charge is -2.08. The van der Waals surface area contributed by atoms with E-state index in [0.29, 0.717) is 17.2 Å². The summed E-state index contributed by atoms with van der Waals surface area (Å²) in [4.78, 5) is 12.0. The van der Waals surface area contributed by atoms with E-state index >= 15 is 0 Å². The predicted molar refractivity (Wildman–Crippen MR) is 88.2 cm³/mol. The van der Waals surface area contributed by atoms with Gasteiger partial charge in [-0.2, -0.15) is 0 Å². The molecule has 0 saturated carbocycles. The highest BCUT2D eigenvalue weighted by Crippen LogP contribution is 2.35. The third-order valence-electron chi connectivity index (χ3n) is 3.27. The highest BCUT2D eigenvalue weighted by molar-refractivity contribution is 7.17. The Morgan fingerprint density at radius 2 is 1.90 bits per heavy atom. The fraction of sp³-hybridized carbons (Fsp3) is 0.118. The Morgan fingerprint density at radius 3 is 2.62 bits per heavy atom. The number of esters is 1. The molecule has 21 heavy (non-hydrogen) atoms. The van der Waals surface area contributed by atoms with Crippen molar-refractivity contribution in [2.75, 3.05) is 6.61 Å². The van der Waals surface area contributed by atoms with Crippen LogP contribution < -0.4 is 0 Å². The number of hydrogen-bond donors (Lipinski definition) is 0. The molecule has 0 amide bonds. The molecule has 106 valence electrons. The Labute approximate surface area is 131 Å². The number of carbonyl (C=O) groups excluding carboxylic acids is 1. The fourth-order valence-electron chi connectivity index (χ4n) is 2.31. The summed E-state index contributed by atoms with van der Waals surface area (Å²) in [5.74, 6) is -0.271. The van der Waals surface area contributed by atoms with Crippen LogP contribution in [0.4, 0.5) is 0 Å². The molecular weight excluding hydrogens is 304 g/mol. The van der Waals surface area contributed by atoms with Crippen molar-refractivity contribution in [2.24, 2.45) is 0 Å². The van der Waals surface area contributed by atoms with Crippen molar-refractivity contribution in [1.29, 1.82) is 0 Å². The summed E-state index contributed by atoms with van der Waals surface area (Å²) in [5.41, 5.74) is 2.80.